The molecule has 1 heterocycles. The molecular formula is C23H32N4O3. The van der Waals surface area contributed by atoms with E-state index in [4.69, 9.17) is 11.1 Å². The zero-order chi connectivity index (χ0) is 21.3. The van der Waals surface area contributed by atoms with Gasteiger partial charge in [-0.05, 0) is 36.7 Å². The number of carbonyl (C=O) groups excluding carboxylic acids is 2. The van der Waals surface area contributed by atoms with Crippen molar-refractivity contribution in [2.24, 2.45) is 17.6 Å². The molecule has 162 valence electrons. The molecular weight excluding hydrogens is 380 g/mol. The Morgan fingerprint density at radius 2 is 1.90 bits per heavy atom. The Balaban J connectivity index is 1.36. The van der Waals surface area contributed by atoms with Gasteiger partial charge in [-0.15, -0.1) is 0 Å². The van der Waals surface area contributed by atoms with E-state index in [0.29, 0.717) is 37.4 Å². The minimum atomic E-state index is -1.00. The van der Waals surface area contributed by atoms with Crippen molar-refractivity contribution in [1.82, 2.24) is 10.2 Å². The number of hydrogen-bond acceptors (Lipinski definition) is 4. The summed E-state index contributed by atoms with van der Waals surface area (Å²) >= 11 is 0. The van der Waals surface area contributed by atoms with Gasteiger partial charge in [0.2, 0.25) is 5.91 Å². The van der Waals surface area contributed by atoms with Crippen LogP contribution in [0.15, 0.2) is 24.3 Å². The van der Waals surface area contributed by atoms with E-state index in [-0.39, 0.29) is 23.6 Å². The van der Waals surface area contributed by atoms with Crippen LogP contribution in [0.1, 0.15) is 62.5 Å². The molecule has 0 radical (unpaired) electrons. The molecule has 1 aromatic rings. The number of likely N-dealkylation sites (tertiary alicyclic amines) is 1. The second-order valence-corrected chi connectivity index (χ2v) is 9.15. The van der Waals surface area contributed by atoms with Crippen LogP contribution < -0.4 is 11.1 Å². The van der Waals surface area contributed by atoms with Crippen molar-refractivity contribution in [2.75, 3.05) is 6.54 Å². The molecule has 2 amide bonds. The maximum atomic E-state index is 13.0. The van der Waals surface area contributed by atoms with Gasteiger partial charge < -0.3 is 21.1 Å². The molecule has 4 rings (SSSR count). The highest BCUT2D eigenvalue weighted by molar-refractivity contribution is 5.97. The summed E-state index contributed by atoms with van der Waals surface area (Å²) in [5, 5.41) is 21.0. The highest BCUT2D eigenvalue weighted by atomic mass is 16.3. The molecule has 0 aromatic heterocycles. The minimum absolute atomic E-state index is 0.0113. The van der Waals surface area contributed by atoms with E-state index in [0.717, 1.165) is 24.8 Å². The molecule has 30 heavy (non-hydrogen) atoms. The molecule has 1 saturated heterocycles. The molecule has 5 N–H and O–H groups in total. The molecule has 3 aliphatic rings. The first-order valence-electron chi connectivity index (χ1n) is 11.1. The average molecular weight is 413 g/mol. The second kappa shape index (κ2) is 8.38. The van der Waals surface area contributed by atoms with Crippen LogP contribution in [-0.4, -0.2) is 45.8 Å². The second-order valence-electron chi connectivity index (χ2n) is 9.15. The third-order valence-electron chi connectivity index (χ3n) is 7.20. The summed E-state index contributed by atoms with van der Waals surface area (Å²) in [6.07, 6.45) is 6.79. The summed E-state index contributed by atoms with van der Waals surface area (Å²) in [4.78, 5) is 27.7. The highest BCUT2D eigenvalue weighted by Crippen LogP contribution is 2.56. The number of piperidine rings is 1. The van der Waals surface area contributed by atoms with Crippen LogP contribution in [0.2, 0.25) is 0 Å². The first-order chi connectivity index (χ1) is 14.4. The third-order valence-corrected chi connectivity index (χ3v) is 7.20. The van der Waals surface area contributed by atoms with Crippen molar-refractivity contribution in [3.63, 3.8) is 0 Å². The van der Waals surface area contributed by atoms with Crippen molar-refractivity contribution < 1.29 is 14.7 Å². The Labute approximate surface area is 177 Å². The lowest BCUT2D eigenvalue weighted by atomic mass is 9.85. The fourth-order valence-electron chi connectivity index (χ4n) is 5.34. The fraction of sp³-hybridized carbons (Fsp3) is 0.609. The number of carbonyl (C=O) groups is 2. The van der Waals surface area contributed by atoms with Crippen LogP contribution in [-0.2, 0) is 16.1 Å². The number of amides is 2. The van der Waals surface area contributed by atoms with Crippen LogP contribution in [0.4, 0.5) is 0 Å². The Morgan fingerprint density at radius 1 is 1.20 bits per heavy atom. The summed E-state index contributed by atoms with van der Waals surface area (Å²) < 4.78 is 0. The maximum Gasteiger partial charge on any atom is 0.252 e. The molecule has 7 heteroatoms. The Kier molecular flexibility index (Phi) is 5.82. The van der Waals surface area contributed by atoms with Gasteiger partial charge in [-0.3, -0.25) is 15.0 Å². The zero-order valence-electron chi connectivity index (χ0n) is 17.4. The van der Waals surface area contributed by atoms with Gasteiger partial charge in [0.05, 0.1) is 0 Å². The van der Waals surface area contributed by atoms with Crippen molar-refractivity contribution in [3.05, 3.63) is 35.4 Å². The van der Waals surface area contributed by atoms with Crippen molar-refractivity contribution in [1.29, 1.82) is 5.41 Å². The third kappa shape index (κ3) is 3.95. The monoisotopic (exact) mass is 412 g/mol. The standard InChI is InChI=1S/C23H32N4O3/c24-20(25)17-8-6-16(7-9-17)14-26-22(30)23-13-18(23)10-11-27(23)21(29)19(28)12-15-4-2-1-3-5-15/h6-9,15,18-19,28H,1-5,10-14H2,(H3,24,25)(H,26,30)/t18-,19-,23+/m1/s1. The van der Waals surface area contributed by atoms with E-state index in [1.807, 2.05) is 12.1 Å². The number of fused-ring (bicyclic) bond motifs is 1. The molecule has 3 atom stereocenters. The van der Waals surface area contributed by atoms with Crippen LogP contribution in [0.25, 0.3) is 0 Å². The van der Waals surface area contributed by atoms with Crippen LogP contribution >= 0.6 is 0 Å². The Hall–Kier alpha value is -2.41. The van der Waals surface area contributed by atoms with Gasteiger partial charge in [-0.2, -0.15) is 0 Å². The Morgan fingerprint density at radius 3 is 2.53 bits per heavy atom. The smallest absolute Gasteiger partial charge is 0.252 e. The SMILES string of the molecule is N=C(N)c1ccc(CNC(=O)[C@]23C[C@H]2CCN3C(=O)[C@H](O)CC2CCCCC2)cc1. The van der Waals surface area contributed by atoms with Crippen molar-refractivity contribution >= 4 is 17.6 Å². The number of rotatable bonds is 7. The maximum absolute atomic E-state index is 13.0. The highest BCUT2D eigenvalue weighted by Gasteiger charge is 2.68. The quantitative estimate of drug-likeness (QED) is 0.404. The number of nitrogen functional groups attached to an aromatic ring is 1. The van der Waals surface area contributed by atoms with Crippen LogP contribution in [0.3, 0.4) is 0 Å². The Bertz CT molecular complexity index is 818. The lowest BCUT2D eigenvalue weighted by Gasteiger charge is -2.31. The summed E-state index contributed by atoms with van der Waals surface area (Å²) in [6.45, 7) is 0.907. The van der Waals surface area contributed by atoms with E-state index >= 15 is 0 Å². The predicted octanol–water partition coefficient (Wildman–Crippen LogP) is 1.91. The number of nitrogens with zero attached hydrogens (tertiary/aromatic N) is 1. The van der Waals surface area contributed by atoms with Gasteiger partial charge in [-0.1, -0.05) is 56.4 Å². The molecule has 7 nitrogen and oxygen atoms in total. The molecule has 3 fully saturated rings. The van der Waals surface area contributed by atoms with Gasteiger partial charge in [0.15, 0.2) is 0 Å². The normalized spacial score (nSPS) is 26.7. The first kappa shape index (κ1) is 20.8. The zero-order valence-corrected chi connectivity index (χ0v) is 17.4. The van der Waals surface area contributed by atoms with Gasteiger partial charge in [0.25, 0.3) is 5.91 Å². The average Bonchev–Trinajstić information content (AvgIpc) is 3.37. The number of amidine groups is 1. The molecule has 2 saturated carbocycles. The largest absolute Gasteiger partial charge is 0.384 e. The number of nitrogens with two attached hydrogens (primary N) is 1. The molecule has 0 bridgehead atoms. The van der Waals surface area contributed by atoms with Gasteiger partial charge in [0.1, 0.15) is 17.5 Å². The van der Waals surface area contributed by atoms with Gasteiger partial charge in [0, 0.05) is 18.7 Å². The van der Waals surface area contributed by atoms with E-state index in [1.54, 1.807) is 17.0 Å². The van der Waals surface area contributed by atoms with Crippen molar-refractivity contribution in [2.45, 2.75) is 69.6 Å². The lowest BCUT2D eigenvalue weighted by Crippen LogP contribution is -2.53. The number of aliphatic hydroxyl groups is 1. The summed E-state index contributed by atoms with van der Waals surface area (Å²) in [7, 11) is 0. The van der Waals surface area contributed by atoms with Crippen molar-refractivity contribution in [3.8, 4) is 0 Å². The minimum Gasteiger partial charge on any atom is -0.384 e. The van der Waals surface area contributed by atoms with Gasteiger partial charge in [-0.25, -0.2) is 0 Å². The van der Waals surface area contributed by atoms with E-state index in [2.05, 4.69) is 5.32 Å². The summed E-state index contributed by atoms with van der Waals surface area (Å²) in [5.41, 5.74) is 6.26. The number of nitrogens with one attached hydrogen (secondary N) is 2. The summed E-state index contributed by atoms with van der Waals surface area (Å²) in [6, 6.07) is 7.19. The molecule has 1 aromatic carbocycles. The van der Waals surface area contributed by atoms with E-state index < -0.39 is 11.6 Å². The first-order valence-corrected chi connectivity index (χ1v) is 11.1. The molecule has 2 aliphatic carbocycles. The van der Waals surface area contributed by atoms with Crippen LogP contribution in [0.5, 0.6) is 0 Å². The number of hydrogen-bond donors (Lipinski definition) is 4. The number of benzene rings is 1. The number of aliphatic hydroxyl groups excluding tert-OH is 1. The molecule has 0 unspecified atom stereocenters. The summed E-state index contributed by atoms with van der Waals surface area (Å²) in [5.74, 6) is 0.221. The topological polar surface area (TPSA) is 120 Å². The lowest BCUT2D eigenvalue weighted by molar-refractivity contribution is -0.148. The fourth-order valence-corrected chi connectivity index (χ4v) is 5.34. The molecule has 0 spiro atoms. The predicted molar refractivity (Wildman–Crippen MR) is 114 cm³/mol. The van der Waals surface area contributed by atoms with Gasteiger partial charge >= 0.3 is 0 Å². The van der Waals surface area contributed by atoms with Crippen LogP contribution in [0, 0.1) is 17.2 Å². The molecule has 1 aliphatic heterocycles. The van der Waals surface area contributed by atoms with E-state index in [9.17, 15) is 14.7 Å². The van der Waals surface area contributed by atoms with E-state index in [1.165, 1.54) is 19.3 Å².